The molecule has 0 bridgehead atoms. The van der Waals surface area contributed by atoms with Gasteiger partial charge in [-0.25, -0.2) is 4.98 Å². The summed E-state index contributed by atoms with van der Waals surface area (Å²) in [6, 6.07) is 8.29. The van der Waals surface area contributed by atoms with E-state index < -0.39 is 19.2 Å². The van der Waals surface area contributed by atoms with E-state index in [1.807, 2.05) is 0 Å². The molecule has 0 atom stereocenters. The van der Waals surface area contributed by atoms with E-state index in [0.717, 1.165) is 0 Å². The topological polar surface area (TPSA) is 72.0 Å². The zero-order chi connectivity index (χ0) is 14.8. The second kappa shape index (κ2) is 5.36. The third-order valence-electron chi connectivity index (χ3n) is 2.62. The van der Waals surface area contributed by atoms with E-state index in [-0.39, 0.29) is 11.7 Å². The van der Waals surface area contributed by atoms with Crippen LogP contribution in [0.15, 0.2) is 30.3 Å². The molecule has 0 spiro atoms. The highest BCUT2D eigenvalue weighted by molar-refractivity contribution is 6.06. The fraction of sp³-hybridized carbons (Fsp3) is 0.231. The summed E-state index contributed by atoms with van der Waals surface area (Å²) in [5, 5.41) is 8.16. The highest BCUT2D eigenvalue weighted by atomic mass is 19.4. The summed E-state index contributed by atoms with van der Waals surface area (Å²) in [7, 11) is 0. The van der Waals surface area contributed by atoms with Crippen molar-refractivity contribution in [1.29, 1.82) is 5.41 Å². The van der Waals surface area contributed by atoms with Gasteiger partial charge in [-0.2, -0.15) is 13.2 Å². The highest BCUT2D eigenvalue weighted by Crippen LogP contribution is 2.23. The van der Waals surface area contributed by atoms with E-state index in [1.54, 1.807) is 24.3 Å². The Bertz CT molecular complexity index is 640. The molecule has 0 aliphatic heterocycles. The lowest BCUT2D eigenvalue weighted by Crippen LogP contribution is -2.15. The first-order chi connectivity index (χ1) is 9.37. The van der Waals surface area contributed by atoms with Crippen LogP contribution in [0.2, 0.25) is 0 Å². The third-order valence-corrected chi connectivity index (χ3v) is 2.62. The zero-order valence-corrected chi connectivity index (χ0v) is 10.4. The number of nitrogen functional groups attached to an aromatic ring is 1. The normalized spacial score (nSPS) is 11.6. The Hall–Kier alpha value is -2.31. The van der Waals surface area contributed by atoms with Crippen molar-refractivity contribution in [3.8, 4) is 5.88 Å². The molecule has 0 amide bonds. The maximum Gasteiger partial charge on any atom is 0.392 e. The number of nitrogens with zero attached hydrogens (tertiary/aromatic N) is 1. The molecule has 0 unspecified atom stereocenters. The molecule has 2 aromatic rings. The largest absolute Gasteiger partial charge is 0.477 e. The minimum absolute atomic E-state index is 0.0261. The van der Waals surface area contributed by atoms with Gasteiger partial charge in [-0.1, -0.05) is 18.2 Å². The van der Waals surface area contributed by atoms with Gasteiger partial charge >= 0.3 is 6.18 Å². The lowest BCUT2D eigenvalue weighted by Gasteiger charge is -2.11. The van der Waals surface area contributed by atoms with Crippen molar-refractivity contribution in [3.63, 3.8) is 0 Å². The summed E-state index contributed by atoms with van der Waals surface area (Å²) in [5.74, 6) is -0.164. The molecule has 4 nitrogen and oxygen atoms in total. The van der Waals surface area contributed by atoms with Crippen LogP contribution in [-0.4, -0.2) is 23.6 Å². The molecular formula is C13H12F3N3O. The number of hydrogen-bond acceptors (Lipinski definition) is 3. The van der Waals surface area contributed by atoms with Crippen molar-refractivity contribution in [3.05, 3.63) is 35.9 Å². The van der Waals surface area contributed by atoms with Gasteiger partial charge in [0.05, 0.1) is 18.5 Å². The Balaban J connectivity index is 2.28. The highest BCUT2D eigenvalue weighted by Gasteiger charge is 2.27. The van der Waals surface area contributed by atoms with Gasteiger partial charge in [0.2, 0.25) is 5.88 Å². The summed E-state index contributed by atoms with van der Waals surface area (Å²) >= 11 is 0. The number of nitrogens with two attached hydrogens (primary N) is 1. The van der Waals surface area contributed by atoms with Crippen LogP contribution < -0.4 is 10.5 Å². The van der Waals surface area contributed by atoms with Gasteiger partial charge < -0.3 is 10.5 Å². The molecule has 106 valence electrons. The smallest absolute Gasteiger partial charge is 0.392 e. The fourth-order valence-corrected chi connectivity index (χ4v) is 1.72. The molecule has 0 aliphatic carbocycles. The minimum atomic E-state index is -4.28. The van der Waals surface area contributed by atoms with Crippen LogP contribution in [0, 0.1) is 5.41 Å². The number of hydrogen-bond donors (Lipinski definition) is 2. The average Bonchev–Trinajstić information content (AvgIpc) is 2.36. The number of aromatic nitrogens is 1. The summed E-state index contributed by atoms with van der Waals surface area (Å²) in [4.78, 5) is 4.10. The number of ether oxygens (including phenoxy) is 1. The fourth-order valence-electron chi connectivity index (χ4n) is 1.72. The Morgan fingerprint density at radius 1 is 1.30 bits per heavy atom. The van der Waals surface area contributed by atoms with Gasteiger partial charge in [-0.15, -0.1) is 0 Å². The molecule has 0 aliphatic rings. The van der Waals surface area contributed by atoms with Crippen LogP contribution in [0.25, 0.3) is 10.9 Å². The maximum absolute atomic E-state index is 12.1. The number of rotatable bonds is 4. The maximum atomic E-state index is 12.1. The Labute approximate surface area is 112 Å². The minimum Gasteiger partial charge on any atom is -0.477 e. The van der Waals surface area contributed by atoms with Crippen LogP contribution in [0.1, 0.15) is 12.0 Å². The number of nitrogens with one attached hydrogen (secondary N) is 1. The molecule has 2 rings (SSSR count). The number of benzene rings is 1. The SMILES string of the molecule is N=C(N)c1cc(OCCC(F)(F)F)nc2ccccc12. The van der Waals surface area contributed by atoms with Crippen LogP contribution in [0.4, 0.5) is 13.2 Å². The van der Waals surface area contributed by atoms with Crippen molar-refractivity contribution in [2.75, 3.05) is 6.61 Å². The molecule has 1 heterocycles. The van der Waals surface area contributed by atoms with Gasteiger partial charge in [-0.3, -0.25) is 5.41 Å². The third kappa shape index (κ3) is 3.37. The lowest BCUT2D eigenvalue weighted by atomic mass is 10.1. The summed E-state index contributed by atoms with van der Waals surface area (Å²) in [5.41, 5.74) is 6.37. The summed E-state index contributed by atoms with van der Waals surface area (Å²) in [6.45, 7) is -0.522. The molecule has 7 heteroatoms. The Kier molecular flexibility index (Phi) is 3.78. The van der Waals surface area contributed by atoms with Crippen LogP contribution in [0.5, 0.6) is 5.88 Å². The Morgan fingerprint density at radius 2 is 2.00 bits per heavy atom. The molecule has 20 heavy (non-hydrogen) atoms. The predicted octanol–water partition coefficient (Wildman–Crippen LogP) is 2.85. The second-order valence-corrected chi connectivity index (χ2v) is 4.15. The number of pyridine rings is 1. The zero-order valence-electron chi connectivity index (χ0n) is 10.4. The van der Waals surface area contributed by atoms with Crippen molar-refractivity contribution in [1.82, 2.24) is 4.98 Å². The standard InChI is InChI=1S/C13H12F3N3O/c14-13(15,16)5-6-20-11-7-9(12(17)18)8-3-1-2-4-10(8)19-11/h1-4,7H,5-6H2,(H3,17,18). The van der Waals surface area contributed by atoms with Crippen LogP contribution in [0.3, 0.4) is 0 Å². The van der Waals surface area contributed by atoms with Crippen molar-refractivity contribution >= 4 is 16.7 Å². The van der Waals surface area contributed by atoms with E-state index in [4.69, 9.17) is 15.9 Å². The number of para-hydroxylation sites is 1. The molecule has 0 radical (unpaired) electrons. The first kappa shape index (κ1) is 14.1. The van der Waals surface area contributed by atoms with Crippen LogP contribution >= 0.6 is 0 Å². The van der Waals surface area contributed by atoms with Crippen LogP contribution in [-0.2, 0) is 0 Å². The Morgan fingerprint density at radius 3 is 2.65 bits per heavy atom. The number of alkyl halides is 3. The first-order valence-corrected chi connectivity index (χ1v) is 5.80. The van der Waals surface area contributed by atoms with Crippen molar-refractivity contribution in [2.24, 2.45) is 5.73 Å². The van der Waals surface area contributed by atoms with E-state index >= 15 is 0 Å². The molecule has 0 fully saturated rings. The molecule has 3 N–H and O–H groups in total. The number of fused-ring (bicyclic) bond motifs is 1. The lowest BCUT2D eigenvalue weighted by molar-refractivity contribution is -0.139. The molecule has 1 aromatic heterocycles. The molecule has 1 aromatic carbocycles. The van der Waals surface area contributed by atoms with Gasteiger partial charge in [0.15, 0.2) is 0 Å². The number of halogens is 3. The molecular weight excluding hydrogens is 271 g/mol. The van der Waals surface area contributed by atoms with Crippen molar-refractivity contribution < 1.29 is 17.9 Å². The predicted molar refractivity (Wildman–Crippen MR) is 68.9 cm³/mol. The van der Waals surface area contributed by atoms with E-state index in [9.17, 15) is 13.2 Å². The molecule has 0 saturated carbocycles. The van der Waals surface area contributed by atoms with Gasteiger partial charge in [0.1, 0.15) is 5.84 Å². The van der Waals surface area contributed by atoms with E-state index in [0.29, 0.717) is 16.5 Å². The van der Waals surface area contributed by atoms with E-state index in [1.165, 1.54) is 6.07 Å². The summed E-state index contributed by atoms with van der Waals surface area (Å²) < 4.78 is 41.2. The van der Waals surface area contributed by atoms with Gasteiger partial charge in [0.25, 0.3) is 0 Å². The first-order valence-electron chi connectivity index (χ1n) is 5.80. The average molecular weight is 283 g/mol. The monoisotopic (exact) mass is 283 g/mol. The van der Waals surface area contributed by atoms with E-state index in [2.05, 4.69) is 4.98 Å². The van der Waals surface area contributed by atoms with Gasteiger partial charge in [-0.05, 0) is 6.07 Å². The summed E-state index contributed by atoms with van der Waals surface area (Å²) in [6.07, 6.45) is -5.34. The number of amidine groups is 1. The van der Waals surface area contributed by atoms with Gasteiger partial charge in [0, 0.05) is 17.0 Å². The second-order valence-electron chi connectivity index (χ2n) is 4.15. The molecule has 0 saturated heterocycles. The van der Waals surface area contributed by atoms with Crippen molar-refractivity contribution in [2.45, 2.75) is 12.6 Å². The quantitative estimate of drug-likeness (QED) is 0.669.